The van der Waals surface area contributed by atoms with Crippen molar-refractivity contribution in [3.63, 3.8) is 0 Å². The van der Waals surface area contributed by atoms with Crippen LogP contribution in [0.3, 0.4) is 0 Å². The van der Waals surface area contributed by atoms with Crippen LogP contribution >= 0.6 is 0 Å². The van der Waals surface area contributed by atoms with Crippen LogP contribution in [0.1, 0.15) is 41.0 Å². The molecule has 0 heterocycles. The zero-order valence-electron chi connectivity index (χ0n) is 10.5. The fraction of sp³-hybridized carbons (Fsp3) is 1.00. The minimum atomic E-state index is 0.355. The van der Waals surface area contributed by atoms with Crippen molar-refractivity contribution in [2.45, 2.75) is 47.1 Å². The summed E-state index contributed by atoms with van der Waals surface area (Å²) in [5.41, 5.74) is 0. The number of hydrogen-bond donors (Lipinski definition) is 1. The third-order valence-electron chi connectivity index (χ3n) is 2.56. The molecule has 0 aliphatic rings. The van der Waals surface area contributed by atoms with Crippen LogP contribution in [-0.2, 0) is 4.74 Å². The average molecular weight is 201 g/mol. The van der Waals surface area contributed by atoms with Crippen molar-refractivity contribution in [1.82, 2.24) is 5.32 Å². The van der Waals surface area contributed by atoms with E-state index < -0.39 is 0 Å². The van der Waals surface area contributed by atoms with E-state index in [1.54, 1.807) is 0 Å². The number of ether oxygens (including phenoxy) is 1. The van der Waals surface area contributed by atoms with E-state index in [0.717, 1.165) is 19.7 Å². The largest absolute Gasteiger partial charge is 0.379 e. The molecule has 2 nitrogen and oxygen atoms in total. The van der Waals surface area contributed by atoms with Gasteiger partial charge in [-0.05, 0) is 45.2 Å². The molecule has 0 saturated carbocycles. The summed E-state index contributed by atoms with van der Waals surface area (Å²) in [4.78, 5) is 0. The smallest absolute Gasteiger partial charge is 0.0519 e. The van der Waals surface area contributed by atoms with E-state index in [2.05, 4.69) is 39.9 Å². The van der Waals surface area contributed by atoms with Gasteiger partial charge >= 0.3 is 0 Å². The summed E-state index contributed by atoms with van der Waals surface area (Å²) in [5.74, 6) is 1.34. The fourth-order valence-electron chi connectivity index (χ4n) is 1.22. The molecule has 0 aliphatic heterocycles. The van der Waals surface area contributed by atoms with Gasteiger partial charge in [-0.1, -0.05) is 20.8 Å². The summed E-state index contributed by atoms with van der Waals surface area (Å²) in [6.07, 6.45) is 1.57. The van der Waals surface area contributed by atoms with Crippen molar-refractivity contribution in [3.8, 4) is 0 Å². The molecule has 14 heavy (non-hydrogen) atoms. The molecule has 0 rings (SSSR count). The Balaban J connectivity index is 3.49. The van der Waals surface area contributed by atoms with Gasteiger partial charge in [0.25, 0.3) is 0 Å². The molecule has 0 saturated heterocycles. The van der Waals surface area contributed by atoms with Crippen molar-refractivity contribution in [1.29, 1.82) is 0 Å². The molecule has 2 heteroatoms. The van der Waals surface area contributed by atoms with Crippen LogP contribution in [0.25, 0.3) is 0 Å². The summed E-state index contributed by atoms with van der Waals surface area (Å²) in [7, 11) is 0. The van der Waals surface area contributed by atoms with Gasteiger partial charge in [0.15, 0.2) is 0 Å². The second-order valence-electron chi connectivity index (χ2n) is 4.54. The minimum absolute atomic E-state index is 0.355. The first-order valence-corrected chi connectivity index (χ1v) is 5.90. The minimum Gasteiger partial charge on any atom is -0.379 e. The molecule has 0 aromatic carbocycles. The zero-order valence-corrected chi connectivity index (χ0v) is 10.5. The highest BCUT2D eigenvalue weighted by atomic mass is 16.5. The van der Waals surface area contributed by atoms with E-state index in [4.69, 9.17) is 4.74 Å². The highest BCUT2D eigenvalue weighted by molar-refractivity contribution is 4.64. The van der Waals surface area contributed by atoms with Gasteiger partial charge in [-0.2, -0.15) is 0 Å². The van der Waals surface area contributed by atoms with Gasteiger partial charge in [0.05, 0.1) is 6.10 Å². The maximum Gasteiger partial charge on any atom is 0.0519 e. The maximum absolute atomic E-state index is 5.60. The molecule has 0 aromatic heterocycles. The quantitative estimate of drug-likeness (QED) is 0.610. The normalized spacial score (nSPS) is 15.9. The second kappa shape index (κ2) is 8.25. The monoisotopic (exact) mass is 201 g/mol. The lowest BCUT2D eigenvalue weighted by Crippen LogP contribution is -2.28. The molecular formula is C12H27NO. The van der Waals surface area contributed by atoms with Gasteiger partial charge in [-0.25, -0.2) is 0 Å². The summed E-state index contributed by atoms with van der Waals surface area (Å²) in [5, 5.41) is 3.45. The Hall–Kier alpha value is -0.0800. The lowest BCUT2D eigenvalue weighted by atomic mass is 9.97. The molecule has 86 valence electrons. The third-order valence-corrected chi connectivity index (χ3v) is 2.56. The highest BCUT2D eigenvalue weighted by Crippen LogP contribution is 2.11. The Morgan fingerprint density at radius 2 is 1.71 bits per heavy atom. The molecule has 2 atom stereocenters. The lowest BCUT2D eigenvalue weighted by molar-refractivity contribution is 0.0422. The topological polar surface area (TPSA) is 21.3 Å². The Labute approximate surface area is 89.4 Å². The van der Waals surface area contributed by atoms with Gasteiger partial charge < -0.3 is 10.1 Å². The van der Waals surface area contributed by atoms with E-state index in [9.17, 15) is 0 Å². The fourth-order valence-corrected chi connectivity index (χ4v) is 1.22. The van der Waals surface area contributed by atoms with Crippen LogP contribution in [0.15, 0.2) is 0 Å². The molecule has 0 amide bonds. The number of nitrogens with one attached hydrogen (secondary N) is 1. The van der Waals surface area contributed by atoms with Crippen molar-refractivity contribution < 1.29 is 4.74 Å². The van der Waals surface area contributed by atoms with Crippen LogP contribution in [0.4, 0.5) is 0 Å². The van der Waals surface area contributed by atoms with Crippen LogP contribution in [0.2, 0.25) is 0 Å². The molecule has 2 unspecified atom stereocenters. The molecule has 0 spiro atoms. The van der Waals surface area contributed by atoms with Crippen LogP contribution in [0, 0.1) is 11.8 Å². The van der Waals surface area contributed by atoms with E-state index >= 15 is 0 Å². The van der Waals surface area contributed by atoms with E-state index in [1.807, 2.05) is 0 Å². The molecule has 0 aliphatic carbocycles. The van der Waals surface area contributed by atoms with E-state index in [-0.39, 0.29) is 0 Å². The summed E-state index contributed by atoms with van der Waals surface area (Å²) in [6, 6.07) is 0. The van der Waals surface area contributed by atoms with Crippen molar-refractivity contribution in [2.24, 2.45) is 11.8 Å². The van der Waals surface area contributed by atoms with Crippen LogP contribution < -0.4 is 5.32 Å². The Morgan fingerprint density at radius 1 is 1.07 bits per heavy atom. The maximum atomic E-state index is 5.60. The first-order valence-electron chi connectivity index (χ1n) is 5.90. The summed E-state index contributed by atoms with van der Waals surface area (Å²) in [6.45, 7) is 14.0. The zero-order chi connectivity index (χ0) is 11.0. The molecule has 0 radical (unpaired) electrons. The summed E-state index contributed by atoms with van der Waals surface area (Å²) >= 11 is 0. The van der Waals surface area contributed by atoms with Crippen LogP contribution in [0.5, 0.6) is 0 Å². The van der Waals surface area contributed by atoms with E-state index in [0.29, 0.717) is 17.9 Å². The lowest BCUT2D eigenvalue weighted by Gasteiger charge is -2.21. The predicted octanol–water partition coefficient (Wildman–Crippen LogP) is 2.68. The Morgan fingerprint density at radius 3 is 2.21 bits per heavy atom. The van der Waals surface area contributed by atoms with Gasteiger partial charge in [0.2, 0.25) is 0 Å². The molecule has 1 N–H and O–H groups in total. The Bertz CT molecular complexity index is 125. The van der Waals surface area contributed by atoms with Crippen LogP contribution in [-0.4, -0.2) is 25.8 Å². The average Bonchev–Trinajstić information content (AvgIpc) is 2.14. The number of rotatable bonds is 8. The number of hydrogen-bond acceptors (Lipinski definition) is 2. The molecular weight excluding hydrogens is 174 g/mol. The first kappa shape index (κ1) is 13.9. The van der Waals surface area contributed by atoms with Gasteiger partial charge in [0, 0.05) is 6.61 Å². The third kappa shape index (κ3) is 7.34. The first-order chi connectivity index (χ1) is 6.57. The summed E-state index contributed by atoms with van der Waals surface area (Å²) < 4.78 is 5.60. The second-order valence-corrected chi connectivity index (χ2v) is 4.54. The van der Waals surface area contributed by atoms with Gasteiger partial charge in [-0.3, -0.25) is 0 Å². The highest BCUT2D eigenvalue weighted by Gasteiger charge is 2.12. The molecule has 0 fully saturated rings. The standard InChI is InChI=1S/C12H27NO/c1-6-7-13-8-11(4)12(5)9-14-10(2)3/h10-13H,6-9H2,1-5H3. The Kier molecular flexibility index (Phi) is 8.20. The van der Waals surface area contributed by atoms with Crippen molar-refractivity contribution in [2.75, 3.05) is 19.7 Å². The molecule has 0 aromatic rings. The van der Waals surface area contributed by atoms with Gasteiger partial charge in [-0.15, -0.1) is 0 Å². The van der Waals surface area contributed by atoms with E-state index in [1.165, 1.54) is 6.42 Å². The van der Waals surface area contributed by atoms with Crippen molar-refractivity contribution in [3.05, 3.63) is 0 Å². The SMILES string of the molecule is CCCNCC(C)C(C)COC(C)C. The van der Waals surface area contributed by atoms with Crippen molar-refractivity contribution >= 4 is 0 Å². The molecule has 0 bridgehead atoms. The predicted molar refractivity (Wildman–Crippen MR) is 62.6 cm³/mol. The van der Waals surface area contributed by atoms with Gasteiger partial charge in [0.1, 0.15) is 0 Å².